The van der Waals surface area contributed by atoms with Gasteiger partial charge in [-0.2, -0.15) is 0 Å². The van der Waals surface area contributed by atoms with E-state index in [0.29, 0.717) is 0 Å². The zero-order valence-corrected chi connectivity index (χ0v) is 31.4. The molecule has 2 aliphatic rings. The number of rotatable bonds is 12. The molecule has 0 bridgehead atoms. The van der Waals surface area contributed by atoms with Gasteiger partial charge in [0.25, 0.3) is 0 Å². The lowest BCUT2D eigenvalue weighted by atomic mass is 9.62. The fourth-order valence-electron chi connectivity index (χ4n) is 6.40. The molecule has 0 aliphatic heterocycles. The SMILES string of the molecule is CCC(COC(=O)c1c(Cl)c(Cl)cc(Cl)c1OC(=O)C(=O)Oc1c(Cl)cc(Cl)c(Cl)c1C(=O)OCC(CC)C1(C)CCC1)C1(C)CCC1. The molecule has 48 heavy (non-hydrogen) atoms. The summed E-state index contributed by atoms with van der Waals surface area (Å²) in [7, 11) is 0. The zero-order chi connectivity index (χ0) is 35.6. The van der Waals surface area contributed by atoms with Crippen LogP contribution in [-0.2, 0) is 19.1 Å². The highest BCUT2D eigenvalue weighted by atomic mass is 35.5. The summed E-state index contributed by atoms with van der Waals surface area (Å²) in [6.45, 7) is 8.45. The Bertz CT molecular complexity index is 1480. The lowest BCUT2D eigenvalue weighted by Crippen LogP contribution is -2.37. The van der Waals surface area contributed by atoms with Crippen LogP contribution in [0.2, 0.25) is 30.1 Å². The summed E-state index contributed by atoms with van der Waals surface area (Å²) in [5.41, 5.74) is -0.835. The van der Waals surface area contributed by atoms with Crippen LogP contribution in [0.1, 0.15) is 99.8 Å². The van der Waals surface area contributed by atoms with Crippen molar-refractivity contribution < 1.29 is 38.1 Å². The molecule has 0 spiro atoms. The molecule has 0 heterocycles. The van der Waals surface area contributed by atoms with Gasteiger partial charge in [-0.15, -0.1) is 0 Å². The predicted molar refractivity (Wildman–Crippen MR) is 186 cm³/mol. The highest BCUT2D eigenvalue weighted by molar-refractivity contribution is 6.47. The minimum atomic E-state index is -1.64. The van der Waals surface area contributed by atoms with Crippen molar-refractivity contribution in [3.8, 4) is 11.5 Å². The standard InChI is InChI=1S/C34H36Cl6O8/c1-5-17(33(3)9-7-10-33)15-45-29(41)23-25(39)19(35)13-21(37)27(23)47-31(43)32(44)48-28-22(38)14-20(36)26(40)24(28)30(42)46-16-18(6-2)34(4)11-8-12-34/h13-14,17-18H,5-12,15-16H2,1-4H3. The number of halogens is 6. The minimum Gasteiger partial charge on any atom is -0.462 e. The van der Waals surface area contributed by atoms with Crippen molar-refractivity contribution in [2.75, 3.05) is 13.2 Å². The Morgan fingerprint density at radius 3 is 1.23 bits per heavy atom. The normalized spacial score (nSPS) is 17.3. The molecule has 262 valence electrons. The summed E-state index contributed by atoms with van der Waals surface area (Å²) in [4.78, 5) is 52.8. The number of carbonyl (C=O) groups excluding carboxylic acids is 4. The van der Waals surface area contributed by atoms with Gasteiger partial charge in [-0.25, -0.2) is 19.2 Å². The van der Waals surface area contributed by atoms with Crippen molar-refractivity contribution in [1.82, 2.24) is 0 Å². The maximum atomic E-state index is 13.3. The van der Waals surface area contributed by atoms with E-state index in [1.54, 1.807) is 0 Å². The molecular weight excluding hydrogens is 749 g/mol. The monoisotopic (exact) mass is 782 g/mol. The number of hydrogen-bond acceptors (Lipinski definition) is 8. The van der Waals surface area contributed by atoms with Crippen LogP contribution in [-0.4, -0.2) is 37.1 Å². The number of hydrogen-bond donors (Lipinski definition) is 0. The van der Waals surface area contributed by atoms with Crippen LogP contribution >= 0.6 is 69.6 Å². The second-order valence-corrected chi connectivity index (χ2v) is 15.3. The summed E-state index contributed by atoms with van der Waals surface area (Å²) in [6, 6.07) is 2.27. The Balaban J connectivity index is 1.55. The van der Waals surface area contributed by atoms with E-state index >= 15 is 0 Å². The smallest absolute Gasteiger partial charge is 0.423 e. The third kappa shape index (κ3) is 8.16. The van der Waals surface area contributed by atoms with Crippen LogP contribution in [0, 0.1) is 22.7 Å². The van der Waals surface area contributed by atoms with Gasteiger partial charge in [0.1, 0.15) is 11.1 Å². The van der Waals surface area contributed by atoms with Crippen molar-refractivity contribution in [1.29, 1.82) is 0 Å². The van der Waals surface area contributed by atoms with Gasteiger partial charge in [-0.3, -0.25) is 0 Å². The Hall–Kier alpha value is -1.94. The second kappa shape index (κ2) is 15.9. The molecule has 4 rings (SSSR count). The van der Waals surface area contributed by atoms with Crippen LogP contribution < -0.4 is 9.47 Å². The van der Waals surface area contributed by atoms with E-state index in [4.69, 9.17) is 88.6 Å². The highest BCUT2D eigenvalue weighted by Gasteiger charge is 2.41. The van der Waals surface area contributed by atoms with Crippen LogP contribution in [0.3, 0.4) is 0 Å². The third-order valence-electron chi connectivity index (χ3n) is 10.00. The molecule has 0 radical (unpaired) electrons. The maximum Gasteiger partial charge on any atom is 0.423 e. The van der Waals surface area contributed by atoms with Gasteiger partial charge in [0, 0.05) is 0 Å². The molecule has 2 aromatic rings. The first-order valence-corrected chi connectivity index (χ1v) is 18.0. The molecule has 8 nitrogen and oxygen atoms in total. The first-order chi connectivity index (χ1) is 22.6. The molecule has 2 aromatic carbocycles. The van der Waals surface area contributed by atoms with Crippen molar-refractivity contribution in [3.05, 3.63) is 53.4 Å². The molecular formula is C34H36Cl6O8. The molecule has 0 aromatic heterocycles. The molecule has 2 aliphatic carbocycles. The van der Waals surface area contributed by atoms with Crippen molar-refractivity contribution in [2.45, 2.75) is 79.1 Å². The van der Waals surface area contributed by atoms with Gasteiger partial charge in [0.2, 0.25) is 0 Å². The summed E-state index contributed by atoms with van der Waals surface area (Å²) in [5.74, 6) is -6.18. The number of benzene rings is 2. The van der Waals surface area contributed by atoms with E-state index in [0.717, 1.165) is 63.5 Å². The quantitative estimate of drug-likeness (QED) is 0.0907. The Labute approximate surface area is 309 Å². The lowest BCUT2D eigenvalue weighted by Gasteiger charge is -2.44. The first-order valence-electron chi connectivity index (χ1n) is 15.7. The Morgan fingerprint density at radius 2 is 0.958 bits per heavy atom. The van der Waals surface area contributed by atoms with E-state index < -0.39 is 46.5 Å². The molecule has 0 saturated heterocycles. The summed E-state index contributed by atoms with van der Waals surface area (Å²) in [6.07, 6.45) is 7.79. The molecule has 2 unspecified atom stereocenters. The molecule has 2 atom stereocenters. The van der Waals surface area contributed by atoms with Gasteiger partial charge in [0.15, 0.2) is 11.5 Å². The van der Waals surface area contributed by atoms with E-state index in [9.17, 15) is 19.2 Å². The highest BCUT2D eigenvalue weighted by Crippen LogP contribution is 2.49. The average molecular weight is 785 g/mol. The predicted octanol–water partition coefficient (Wildman–Crippen LogP) is 10.9. The topological polar surface area (TPSA) is 105 Å². The summed E-state index contributed by atoms with van der Waals surface area (Å²) < 4.78 is 21.7. The summed E-state index contributed by atoms with van der Waals surface area (Å²) in [5, 5.41) is -1.45. The minimum absolute atomic E-state index is 0.0351. The molecule has 0 N–H and O–H groups in total. The van der Waals surface area contributed by atoms with E-state index in [2.05, 4.69) is 13.8 Å². The number of carbonyl (C=O) groups is 4. The molecule has 14 heteroatoms. The molecule has 0 amide bonds. The van der Waals surface area contributed by atoms with E-state index in [1.165, 1.54) is 0 Å². The van der Waals surface area contributed by atoms with Crippen LogP contribution in [0.15, 0.2) is 12.1 Å². The van der Waals surface area contributed by atoms with Crippen LogP contribution in [0.5, 0.6) is 11.5 Å². The van der Waals surface area contributed by atoms with Gasteiger partial charge in [0.05, 0.1) is 43.3 Å². The van der Waals surface area contributed by atoms with Crippen molar-refractivity contribution in [2.24, 2.45) is 22.7 Å². The van der Waals surface area contributed by atoms with Crippen LogP contribution in [0.25, 0.3) is 0 Å². The maximum absolute atomic E-state index is 13.3. The lowest BCUT2D eigenvalue weighted by molar-refractivity contribution is -0.156. The van der Waals surface area contributed by atoms with Gasteiger partial charge in [-0.1, -0.05) is 110 Å². The summed E-state index contributed by atoms with van der Waals surface area (Å²) >= 11 is 37.7. The fraction of sp³-hybridized carbons (Fsp3) is 0.529. The Morgan fingerprint density at radius 1 is 0.625 bits per heavy atom. The van der Waals surface area contributed by atoms with E-state index in [1.807, 2.05) is 13.8 Å². The average Bonchev–Trinajstić information content (AvgIpc) is 3.00. The van der Waals surface area contributed by atoms with Crippen LogP contribution in [0.4, 0.5) is 0 Å². The third-order valence-corrected chi connectivity index (χ3v) is 12.1. The van der Waals surface area contributed by atoms with Crippen molar-refractivity contribution in [3.63, 3.8) is 0 Å². The van der Waals surface area contributed by atoms with Crippen molar-refractivity contribution >= 4 is 93.5 Å². The zero-order valence-electron chi connectivity index (χ0n) is 26.9. The number of esters is 4. The van der Waals surface area contributed by atoms with Gasteiger partial charge < -0.3 is 18.9 Å². The fourth-order valence-corrected chi connectivity index (χ4v) is 7.83. The Kier molecular flexibility index (Phi) is 12.9. The molecule has 2 saturated carbocycles. The van der Waals surface area contributed by atoms with Gasteiger partial charge in [-0.05, 0) is 73.3 Å². The second-order valence-electron chi connectivity index (χ2n) is 12.9. The van der Waals surface area contributed by atoms with E-state index in [-0.39, 0.29) is 66.0 Å². The largest absolute Gasteiger partial charge is 0.462 e. The number of ether oxygens (including phenoxy) is 4. The van der Waals surface area contributed by atoms with Gasteiger partial charge >= 0.3 is 23.9 Å². The first kappa shape index (κ1) is 38.9. The molecule has 2 fully saturated rings.